The molecule has 21 heavy (non-hydrogen) atoms. The molecule has 0 saturated heterocycles. The normalized spacial score (nSPS) is 19.7. The molecule has 3 aromatic rings. The Bertz CT molecular complexity index is 693. The fourth-order valence-electron chi connectivity index (χ4n) is 3.68. The lowest BCUT2D eigenvalue weighted by Crippen LogP contribution is -2.08. The second-order valence-electron chi connectivity index (χ2n) is 5.95. The topological polar surface area (TPSA) is 0 Å². The average molecular weight is 270 g/mol. The van der Waals surface area contributed by atoms with Gasteiger partial charge in [0.1, 0.15) is 0 Å². The summed E-state index contributed by atoms with van der Waals surface area (Å²) >= 11 is 0. The van der Waals surface area contributed by atoms with Crippen molar-refractivity contribution in [1.82, 2.24) is 0 Å². The molecule has 0 amide bonds. The van der Waals surface area contributed by atoms with Gasteiger partial charge < -0.3 is 0 Å². The highest BCUT2D eigenvalue weighted by atomic mass is 14.4. The van der Waals surface area contributed by atoms with Gasteiger partial charge in [-0.2, -0.15) is 0 Å². The van der Waals surface area contributed by atoms with E-state index in [1.54, 1.807) is 0 Å². The van der Waals surface area contributed by atoms with Crippen LogP contribution in [0.15, 0.2) is 78.9 Å². The van der Waals surface area contributed by atoms with Gasteiger partial charge in [0, 0.05) is 11.8 Å². The quantitative estimate of drug-likeness (QED) is 0.595. The number of hydrogen-bond acceptors (Lipinski definition) is 0. The maximum Gasteiger partial charge on any atom is 0.0199 e. The van der Waals surface area contributed by atoms with Crippen LogP contribution in [0.1, 0.15) is 39.7 Å². The maximum absolute atomic E-state index is 2.38. The standard InChI is InChI=1S/C21H18/c1-15-12-18-14-19(13-15)21(17-10-6-3-7-11-17)20(18)16-8-4-2-5-9-16/h2-14,20-21H,1H3. The van der Waals surface area contributed by atoms with Gasteiger partial charge in [-0.15, -0.1) is 0 Å². The van der Waals surface area contributed by atoms with Crippen molar-refractivity contribution in [1.29, 1.82) is 0 Å². The third-order valence-corrected chi connectivity index (χ3v) is 4.49. The Balaban J connectivity index is 1.89. The van der Waals surface area contributed by atoms with E-state index in [0.29, 0.717) is 11.8 Å². The first-order valence-corrected chi connectivity index (χ1v) is 7.54. The van der Waals surface area contributed by atoms with Gasteiger partial charge in [-0.3, -0.25) is 0 Å². The second kappa shape index (κ2) is 4.89. The smallest absolute Gasteiger partial charge is 0.0199 e. The largest absolute Gasteiger partial charge is 0.0622 e. The molecule has 0 fully saturated rings. The molecule has 2 bridgehead atoms. The zero-order chi connectivity index (χ0) is 14.2. The molecule has 2 atom stereocenters. The maximum atomic E-state index is 2.38. The van der Waals surface area contributed by atoms with Gasteiger partial charge in [0.05, 0.1) is 0 Å². The first-order chi connectivity index (χ1) is 10.3. The molecule has 0 aromatic heterocycles. The molecule has 0 heterocycles. The minimum Gasteiger partial charge on any atom is -0.0622 e. The molecular formula is C21H18. The van der Waals surface area contributed by atoms with Gasteiger partial charge in [0.2, 0.25) is 0 Å². The number of benzene rings is 3. The van der Waals surface area contributed by atoms with Crippen LogP contribution in [0.3, 0.4) is 0 Å². The van der Waals surface area contributed by atoms with Crippen molar-refractivity contribution in [3.8, 4) is 0 Å². The van der Waals surface area contributed by atoms with Gasteiger partial charge in [-0.05, 0) is 29.2 Å². The number of fused-ring (bicyclic) bond motifs is 2. The van der Waals surface area contributed by atoms with Gasteiger partial charge in [-0.1, -0.05) is 84.4 Å². The van der Waals surface area contributed by atoms with Crippen molar-refractivity contribution < 1.29 is 0 Å². The van der Waals surface area contributed by atoms with E-state index in [1.807, 2.05) is 0 Å². The fraction of sp³-hybridized carbons (Fsp3) is 0.143. The first-order valence-electron chi connectivity index (χ1n) is 7.54. The van der Waals surface area contributed by atoms with Crippen LogP contribution in [0.4, 0.5) is 0 Å². The van der Waals surface area contributed by atoms with Crippen molar-refractivity contribution in [2.45, 2.75) is 18.8 Å². The molecule has 0 N–H and O–H groups in total. The third-order valence-electron chi connectivity index (χ3n) is 4.49. The predicted octanol–water partition coefficient (Wildman–Crippen LogP) is 5.27. The molecule has 1 aliphatic carbocycles. The van der Waals surface area contributed by atoms with Crippen LogP contribution in [0, 0.1) is 6.92 Å². The SMILES string of the molecule is Cc1cc2cc(c1)C(c1ccccc1)C2c1ccccc1. The summed E-state index contributed by atoms with van der Waals surface area (Å²) in [6.07, 6.45) is 0. The Labute approximate surface area is 126 Å². The molecule has 102 valence electrons. The van der Waals surface area contributed by atoms with Crippen LogP contribution in [-0.4, -0.2) is 0 Å². The summed E-state index contributed by atoms with van der Waals surface area (Å²) in [4.78, 5) is 0. The van der Waals surface area contributed by atoms with Crippen LogP contribution in [-0.2, 0) is 0 Å². The zero-order valence-electron chi connectivity index (χ0n) is 12.2. The van der Waals surface area contributed by atoms with Gasteiger partial charge in [-0.25, -0.2) is 0 Å². The molecule has 0 aliphatic heterocycles. The number of aryl methyl sites for hydroxylation is 1. The van der Waals surface area contributed by atoms with E-state index >= 15 is 0 Å². The molecule has 3 aromatic carbocycles. The lowest BCUT2D eigenvalue weighted by Gasteiger charge is -2.22. The molecule has 0 heteroatoms. The summed E-state index contributed by atoms with van der Waals surface area (Å²) in [7, 11) is 0. The summed E-state index contributed by atoms with van der Waals surface area (Å²) in [6, 6.07) is 28.8. The van der Waals surface area contributed by atoms with E-state index in [4.69, 9.17) is 0 Å². The molecule has 0 saturated carbocycles. The third kappa shape index (κ3) is 2.08. The molecule has 0 radical (unpaired) electrons. The molecule has 0 nitrogen and oxygen atoms in total. The molecule has 1 aliphatic rings. The summed E-state index contributed by atoms with van der Waals surface area (Å²) < 4.78 is 0. The molecule has 4 rings (SSSR count). The van der Waals surface area contributed by atoms with Gasteiger partial charge in [0.25, 0.3) is 0 Å². The summed E-state index contributed by atoms with van der Waals surface area (Å²) in [6.45, 7) is 2.20. The van der Waals surface area contributed by atoms with E-state index in [0.717, 1.165) is 0 Å². The van der Waals surface area contributed by atoms with E-state index < -0.39 is 0 Å². The highest BCUT2D eigenvalue weighted by Crippen LogP contribution is 2.48. The predicted molar refractivity (Wildman–Crippen MR) is 87.7 cm³/mol. The Morgan fingerprint density at radius 2 is 0.952 bits per heavy atom. The Kier molecular flexibility index (Phi) is 2.89. The second-order valence-corrected chi connectivity index (χ2v) is 5.95. The number of hydrogen-bond donors (Lipinski definition) is 0. The Hall–Kier alpha value is -2.34. The Morgan fingerprint density at radius 3 is 1.38 bits per heavy atom. The summed E-state index contributed by atoms with van der Waals surface area (Å²) in [5.74, 6) is 0.884. The first kappa shape index (κ1) is 12.4. The highest BCUT2D eigenvalue weighted by molar-refractivity contribution is 5.52. The van der Waals surface area contributed by atoms with Crippen LogP contribution in [0.25, 0.3) is 0 Å². The summed E-state index contributed by atoms with van der Waals surface area (Å²) in [5, 5.41) is 0. The monoisotopic (exact) mass is 270 g/mol. The lowest BCUT2D eigenvalue weighted by molar-refractivity contribution is 0.732. The molecule has 2 unspecified atom stereocenters. The van der Waals surface area contributed by atoms with Crippen molar-refractivity contribution in [3.05, 3.63) is 107 Å². The molecule has 0 spiro atoms. The summed E-state index contributed by atoms with van der Waals surface area (Å²) in [5.41, 5.74) is 7.08. The van der Waals surface area contributed by atoms with E-state index in [1.165, 1.54) is 27.8 Å². The van der Waals surface area contributed by atoms with Crippen LogP contribution < -0.4 is 0 Å². The van der Waals surface area contributed by atoms with Crippen molar-refractivity contribution in [3.63, 3.8) is 0 Å². The van der Waals surface area contributed by atoms with Crippen molar-refractivity contribution in [2.24, 2.45) is 0 Å². The Morgan fingerprint density at radius 1 is 0.524 bits per heavy atom. The van der Waals surface area contributed by atoms with Gasteiger partial charge >= 0.3 is 0 Å². The van der Waals surface area contributed by atoms with Crippen LogP contribution in [0.2, 0.25) is 0 Å². The van der Waals surface area contributed by atoms with Gasteiger partial charge in [0.15, 0.2) is 0 Å². The van der Waals surface area contributed by atoms with E-state index in [-0.39, 0.29) is 0 Å². The van der Waals surface area contributed by atoms with E-state index in [9.17, 15) is 0 Å². The lowest BCUT2D eigenvalue weighted by atomic mass is 9.80. The number of rotatable bonds is 2. The average Bonchev–Trinajstić information content (AvgIpc) is 2.80. The van der Waals surface area contributed by atoms with Crippen LogP contribution in [0.5, 0.6) is 0 Å². The highest BCUT2D eigenvalue weighted by Gasteiger charge is 2.33. The molecular weight excluding hydrogens is 252 g/mol. The minimum absolute atomic E-state index is 0.442. The zero-order valence-corrected chi connectivity index (χ0v) is 12.2. The fourth-order valence-corrected chi connectivity index (χ4v) is 3.68. The minimum atomic E-state index is 0.442. The van der Waals surface area contributed by atoms with E-state index in [2.05, 4.69) is 85.8 Å². The van der Waals surface area contributed by atoms with Crippen LogP contribution >= 0.6 is 0 Å². The van der Waals surface area contributed by atoms with Crippen molar-refractivity contribution >= 4 is 0 Å². The van der Waals surface area contributed by atoms with Crippen molar-refractivity contribution in [2.75, 3.05) is 0 Å².